The summed E-state index contributed by atoms with van der Waals surface area (Å²) in [5, 5.41) is 0. The molecule has 1 aromatic carbocycles. The number of rotatable bonds is 1. The quantitative estimate of drug-likeness (QED) is 0.493. The molecule has 1 aliphatic carbocycles. The van der Waals surface area contributed by atoms with Gasteiger partial charge in [0.25, 0.3) is 0 Å². The van der Waals surface area contributed by atoms with Crippen molar-refractivity contribution in [3.63, 3.8) is 0 Å². The second-order valence-corrected chi connectivity index (χ2v) is 3.19. The van der Waals surface area contributed by atoms with Crippen molar-refractivity contribution in [1.29, 1.82) is 0 Å². The highest BCUT2D eigenvalue weighted by atomic mass is 14.3. The summed E-state index contributed by atoms with van der Waals surface area (Å²) in [4.78, 5) is 0. The zero-order valence-corrected chi connectivity index (χ0v) is 6.30. The first kappa shape index (κ1) is 6.02. The van der Waals surface area contributed by atoms with E-state index in [0.29, 0.717) is 0 Å². The molecule has 10 heavy (non-hydrogen) atoms. The molecule has 0 atom stereocenters. The van der Waals surface area contributed by atoms with Gasteiger partial charge in [0.2, 0.25) is 0 Å². The molecule has 1 heteroatoms. The van der Waals surface area contributed by atoms with Crippen LogP contribution in [-0.2, 0) is 0 Å². The first-order valence-electron chi connectivity index (χ1n) is 3.93. The van der Waals surface area contributed by atoms with Gasteiger partial charge in [-0.3, -0.25) is 0 Å². The van der Waals surface area contributed by atoms with Gasteiger partial charge >= 0.3 is 0 Å². The fourth-order valence-corrected chi connectivity index (χ4v) is 1.34. The Kier molecular flexibility index (Phi) is 1.30. The average molecular weight is 130 g/mol. The molecule has 0 saturated heterocycles. The first-order chi connectivity index (χ1) is 4.86. The van der Waals surface area contributed by atoms with Gasteiger partial charge in [-0.1, -0.05) is 29.7 Å². The van der Waals surface area contributed by atoms with Crippen LogP contribution in [0, 0.1) is 0 Å². The number of hydrogen-bond acceptors (Lipinski definition) is 0. The molecule has 2 rings (SSSR count). The Morgan fingerprint density at radius 3 is 2.70 bits per heavy atom. The Morgan fingerprint density at radius 1 is 1.30 bits per heavy atom. The fraction of sp³-hybridized carbons (Fsp3) is 0.333. The number of hydrogen-bond donors (Lipinski definition) is 0. The van der Waals surface area contributed by atoms with Crippen LogP contribution < -0.4 is 5.46 Å². The Morgan fingerprint density at radius 2 is 2.10 bits per heavy atom. The molecular weight excluding hydrogens is 119 g/mol. The van der Waals surface area contributed by atoms with Crippen LogP contribution in [0.4, 0.5) is 0 Å². The van der Waals surface area contributed by atoms with Crippen LogP contribution in [0.2, 0.25) is 0 Å². The minimum atomic E-state index is 0.903. The maximum Gasteiger partial charge on any atom is 0.139 e. The van der Waals surface area contributed by atoms with Gasteiger partial charge in [0.15, 0.2) is 0 Å². The molecule has 0 heterocycles. The zero-order chi connectivity index (χ0) is 6.97. The van der Waals surface area contributed by atoms with Crippen molar-refractivity contribution in [1.82, 2.24) is 0 Å². The van der Waals surface area contributed by atoms with E-state index in [1.54, 1.807) is 5.56 Å². The third-order valence-corrected chi connectivity index (χ3v) is 2.09. The topological polar surface area (TPSA) is 0 Å². The van der Waals surface area contributed by atoms with Crippen LogP contribution in [0.25, 0.3) is 0 Å². The van der Waals surface area contributed by atoms with Crippen molar-refractivity contribution in [2.45, 2.75) is 18.8 Å². The summed E-state index contributed by atoms with van der Waals surface area (Å²) >= 11 is 0. The van der Waals surface area contributed by atoms with E-state index in [4.69, 9.17) is 0 Å². The van der Waals surface area contributed by atoms with Gasteiger partial charge in [-0.05, 0) is 24.3 Å². The Labute approximate surface area is 62.7 Å². The lowest BCUT2D eigenvalue weighted by Gasteiger charge is -1.97. The van der Waals surface area contributed by atoms with E-state index in [9.17, 15) is 0 Å². The van der Waals surface area contributed by atoms with E-state index in [-0.39, 0.29) is 0 Å². The fourth-order valence-electron chi connectivity index (χ4n) is 1.34. The zero-order valence-electron chi connectivity index (χ0n) is 6.30. The lowest BCUT2D eigenvalue weighted by Crippen LogP contribution is -2.01. The molecule has 50 valence electrons. The van der Waals surface area contributed by atoms with Gasteiger partial charge in [-0.15, -0.1) is 0 Å². The maximum atomic E-state index is 2.30. The van der Waals surface area contributed by atoms with Gasteiger partial charge in [-0.2, -0.15) is 0 Å². The lowest BCUT2D eigenvalue weighted by atomic mass is 9.93. The highest BCUT2D eigenvalue weighted by molar-refractivity contribution is 6.32. The third-order valence-electron chi connectivity index (χ3n) is 2.09. The van der Waals surface area contributed by atoms with E-state index in [2.05, 4.69) is 32.1 Å². The van der Waals surface area contributed by atoms with E-state index >= 15 is 0 Å². The normalized spacial score (nSPS) is 17.2. The summed E-state index contributed by atoms with van der Waals surface area (Å²) in [6, 6.07) is 8.86. The van der Waals surface area contributed by atoms with Crippen LogP contribution >= 0.6 is 0 Å². The molecule has 0 amide bonds. The standard InChI is InChI=1S/C9H11B/c10-9-3-1-2-8(6-9)7-4-5-7/h1-3,6-7H,4-5,10H2. The average Bonchev–Trinajstić information content (AvgIpc) is 2.68. The summed E-state index contributed by atoms with van der Waals surface area (Å²) in [7, 11) is 2.16. The van der Waals surface area contributed by atoms with Crippen molar-refractivity contribution in [3.8, 4) is 0 Å². The Hall–Kier alpha value is -0.715. The van der Waals surface area contributed by atoms with E-state index in [1.165, 1.54) is 18.3 Å². The summed E-state index contributed by atoms with van der Waals surface area (Å²) in [6.07, 6.45) is 2.81. The van der Waals surface area contributed by atoms with Crippen LogP contribution in [0.1, 0.15) is 24.3 Å². The Bertz CT molecular complexity index is 238. The molecule has 1 aliphatic rings. The predicted octanol–water partition coefficient (Wildman–Crippen LogP) is 0.822. The third kappa shape index (κ3) is 1.09. The van der Waals surface area contributed by atoms with Crippen LogP contribution in [0.15, 0.2) is 24.3 Å². The van der Waals surface area contributed by atoms with E-state index < -0.39 is 0 Å². The number of benzene rings is 1. The predicted molar refractivity (Wildman–Crippen MR) is 46.6 cm³/mol. The molecule has 0 unspecified atom stereocenters. The first-order valence-corrected chi connectivity index (χ1v) is 3.93. The molecule has 0 radical (unpaired) electrons. The lowest BCUT2D eigenvalue weighted by molar-refractivity contribution is 1.13. The van der Waals surface area contributed by atoms with Crippen molar-refractivity contribution in [2.75, 3.05) is 0 Å². The Balaban J connectivity index is 2.32. The minimum absolute atomic E-state index is 0.903. The molecule has 0 nitrogen and oxygen atoms in total. The minimum Gasteiger partial charge on any atom is -0.0887 e. The maximum absolute atomic E-state index is 2.30. The van der Waals surface area contributed by atoms with Crippen molar-refractivity contribution < 1.29 is 0 Å². The highest BCUT2D eigenvalue weighted by Gasteiger charge is 2.22. The molecule has 1 saturated carbocycles. The van der Waals surface area contributed by atoms with Crippen LogP contribution in [-0.4, -0.2) is 7.85 Å². The molecule has 1 aromatic rings. The monoisotopic (exact) mass is 130 g/mol. The summed E-state index contributed by atoms with van der Waals surface area (Å²) in [5.41, 5.74) is 2.93. The summed E-state index contributed by atoms with van der Waals surface area (Å²) < 4.78 is 0. The SMILES string of the molecule is Bc1cccc(C2CC2)c1. The van der Waals surface area contributed by atoms with E-state index in [1.807, 2.05) is 0 Å². The van der Waals surface area contributed by atoms with Gasteiger partial charge in [0.05, 0.1) is 0 Å². The molecule has 0 N–H and O–H groups in total. The van der Waals surface area contributed by atoms with Crippen molar-refractivity contribution in [3.05, 3.63) is 29.8 Å². The van der Waals surface area contributed by atoms with E-state index in [0.717, 1.165) is 5.92 Å². The second kappa shape index (κ2) is 2.15. The van der Waals surface area contributed by atoms with Crippen LogP contribution in [0.5, 0.6) is 0 Å². The largest absolute Gasteiger partial charge is 0.139 e. The summed E-state index contributed by atoms with van der Waals surface area (Å²) in [6.45, 7) is 0. The molecule has 0 aliphatic heterocycles. The van der Waals surface area contributed by atoms with Crippen LogP contribution in [0.3, 0.4) is 0 Å². The second-order valence-electron chi connectivity index (χ2n) is 3.19. The smallest absolute Gasteiger partial charge is 0.0887 e. The molecule has 0 aromatic heterocycles. The highest BCUT2D eigenvalue weighted by Crippen LogP contribution is 2.39. The molecular formula is C9H11B. The van der Waals surface area contributed by atoms with Gasteiger partial charge in [0, 0.05) is 0 Å². The van der Waals surface area contributed by atoms with Gasteiger partial charge < -0.3 is 0 Å². The molecule has 0 bridgehead atoms. The summed E-state index contributed by atoms with van der Waals surface area (Å²) in [5.74, 6) is 0.903. The molecule has 1 fully saturated rings. The molecule has 0 spiro atoms. The van der Waals surface area contributed by atoms with Gasteiger partial charge in [0.1, 0.15) is 7.85 Å². The van der Waals surface area contributed by atoms with Gasteiger partial charge in [-0.25, -0.2) is 0 Å². The van der Waals surface area contributed by atoms with Crippen molar-refractivity contribution >= 4 is 13.3 Å². The van der Waals surface area contributed by atoms with Crippen molar-refractivity contribution in [2.24, 2.45) is 0 Å².